The Morgan fingerprint density at radius 2 is 1.48 bits per heavy atom. The van der Waals surface area contributed by atoms with Crippen LogP contribution < -0.4 is 5.32 Å². The van der Waals surface area contributed by atoms with E-state index in [0.29, 0.717) is 17.4 Å². The number of fused-ring (bicyclic) bond motifs is 3. The van der Waals surface area contributed by atoms with Gasteiger partial charge in [-0.25, -0.2) is 0 Å². The van der Waals surface area contributed by atoms with E-state index in [0.717, 1.165) is 37.1 Å². The fourth-order valence-corrected chi connectivity index (χ4v) is 9.00. The van der Waals surface area contributed by atoms with Gasteiger partial charge in [-0.3, -0.25) is 14.7 Å². The quantitative estimate of drug-likeness (QED) is 0.131. The van der Waals surface area contributed by atoms with Gasteiger partial charge in [-0.1, -0.05) is 84.9 Å². The van der Waals surface area contributed by atoms with Crippen molar-refractivity contribution in [3.63, 3.8) is 0 Å². The number of pyridine rings is 1. The van der Waals surface area contributed by atoms with Crippen LogP contribution in [0.4, 0.5) is 0 Å². The highest BCUT2D eigenvalue weighted by Crippen LogP contribution is 2.38. The Kier molecular flexibility index (Phi) is 8.71. The lowest BCUT2D eigenvalue weighted by molar-refractivity contribution is 0.0818. The van der Waals surface area contributed by atoms with Gasteiger partial charge in [-0.15, -0.1) is 11.8 Å². The van der Waals surface area contributed by atoms with Crippen molar-refractivity contribution < 1.29 is 4.79 Å². The highest BCUT2D eigenvalue weighted by Gasteiger charge is 2.39. The van der Waals surface area contributed by atoms with E-state index in [1.54, 1.807) is 12.3 Å². The first-order chi connectivity index (χ1) is 23.7. The van der Waals surface area contributed by atoms with Gasteiger partial charge in [0.25, 0.3) is 5.91 Å². The molecule has 0 spiro atoms. The van der Waals surface area contributed by atoms with Gasteiger partial charge >= 0.3 is 0 Å². The van der Waals surface area contributed by atoms with Crippen molar-refractivity contribution >= 4 is 50.2 Å². The molecular formula is C41H39N5OS. The molecule has 3 N–H and O–H groups in total. The number of rotatable bonds is 11. The summed E-state index contributed by atoms with van der Waals surface area (Å²) in [7, 11) is 0. The number of carbonyl (C=O) groups excluding carboxylic acids is 1. The first-order valence-electron chi connectivity index (χ1n) is 16.9. The second-order valence-electron chi connectivity index (χ2n) is 12.8. The van der Waals surface area contributed by atoms with Crippen LogP contribution in [0.1, 0.15) is 40.0 Å². The monoisotopic (exact) mass is 649 g/mol. The minimum absolute atomic E-state index is 0.142. The average Bonchev–Trinajstić information content (AvgIpc) is 3.86. The molecule has 3 atom stereocenters. The van der Waals surface area contributed by atoms with Crippen LogP contribution in [0.25, 0.3) is 32.6 Å². The van der Waals surface area contributed by atoms with Crippen LogP contribution in [0.3, 0.4) is 0 Å². The molecule has 1 amide bonds. The van der Waals surface area contributed by atoms with Gasteiger partial charge in [0.05, 0.1) is 6.17 Å². The summed E-state index contributed by atoms with van der Waals surface area (Å²) in [4.78, 5) is 27.6. The summed E-state index contributed by atoms with van der Waals surface area (Å²) in [6.07, 6.45) is 10.6. The van der Waals surface area contributed by atoms with Crippen molar-refractivity contribution in [3.8, 4) is 0 Å². The maximum absolute atomic E-state index is 13.7. The van der Waals surface area contributed by atoms with Crippen LogP contribution in [0.2, 0.25) is 0 Å². The first-order valence-corrected chi connectivity index (χ1v) is 17.9. The Morgan fingerprint density at radius 3 is 2.27 bits per heavy atom. The number of aromatic amines is 2. The number of aryl methyl sites for hydroxylation is 1. The van der Waals surface area contributed by atoms with E-state index >= 15 is 0 Å². The van der Waals surface area contributed by atoms with Crippen molar-refractivity contribution in [1.29, 1.82) is 0 Å². The molecule has 1 fully saturated rings. The van der Waals surface area contributed by atoms with E-state index in [-0.39, 0.29) is 18.1 Å². The summed E-state index contributed by atoms with van der Waals surface area (Å²) in [5.74, 6) is 0.708. The van der Waals surface area contributed by atoms with Gasteiger partial charge in [-0.05, 0) is 77.4 Å². The zero-order valence-electron chi connectivity index (χ0n) is 26.8. The third-order valence-electron chi connectivity index (χ3n) is 9.90. The minimum Gasteiger partial charge on any atom is -0.361 e. The minimum atomic E-state index is -0.204. The first kappa shape index (κ1) is 30.5. The molecule has 48 heavy (non-hydrogen) atoms. The third-order valence-corrected chi connectivity index (χ3v) is 11.3. The summed E-state index contributed by atoms with van der Waals surface area (Å²) in [6.45, 7) is 0. The Bertz CT molecular complexity index is 2170. The van der Waals surface area contributed by atoms with E-state index in [1.807, 2.05) is 23.9 Å². The average molecular weight is 650 g/mol. The number of nitrogens with one attached hydrogen (secondary N) is 3. The molecule has 7 aromatic rings. The number of amides is 1. The SMILES string of the molecule is O=C(N[C@@H](Cc1c[nH]c2ccccc12)N1CSC(CCCc2c[nH]c3ccccc23)C1Cc1cccc2ccccc12)c1ccccn1. The molecule has 1 saturated heterocycles. The molecule has 240 valence electrons. The number of thioether (sulfide) groups is 1. The maximum atomic E-state index is 13.7. The normalized spacial score (nSPS) is 17.3. The van der Waals surface area contributed by atoms with Gasteiger partial charge in [-0.2, -0.15) is 0 Å². The third kappa shape index (κ3) is 6.23. The topological polar surface area (TPSA) is 76.8 Å². The molecule has 6 nitrogen and oxygen atoms in total. The Labute approximate surface area is 285 Å². The van der Waals surface area contributed by atoms with E-state index < -0.39 is 0 Å². The van der Waals surface area contributed by atoms with Crippen LogP contribution in [0, 0.1) is 0 Å². The number of carbonyl (C=O) groups is 1. The molecule has 7 heteroatoms. The highest BCUT2D eigenvalue weighted by molar-refractivity contribution is 8.00. The summed E-state index contributed by atoms with van der Waals surface area (Å²) in [5, 5.41) is 8.95. The predicted molar refractivity (Wildman–Crippen MR) is 198 cm³/mol. The maximum Gasteiger partial charge on any atom is 0.271 e. The molecule has 0 bridgehead atoms. The van der Waals surface area contributed by atoms with Crippen LogP contribution in [-0.4, -0.2) is 49.1 Å². The van der Waals surface area contributed by atoms with Crippen LogP contribution in [-0.2, 0) is 19.3 Å². The van der Waals surface area contributed by atoms with Crippen molar-refractivity contribution in [3.05, 3.63) is 150 Å². The number of nitrogens with zero attached hydrogens (tertiary/aromatic N) is 2. The molecule has 1 aliphatic heterocycles. The summed E-state index contributed by atoms with van der Waals surface area (Å²) in [6, 6.07) is 38.1. The number of hydrogen-bond acceptors (Lipinski definition) is 4. The van der Waals surface area contributed by atoms with Crippen molar-refractivity contribution in [2.24, 2.45) is 0 Å². The van der Waals surface area contributed by atoms with Crippen molar-refractivity contribution in [2.45, 2.75) is 49.6 Å². The number of H-pyrrole nitrogens is 2. The second-order valence-corrected chi connectivity index (χ2v) is 14.0. The van der Waals surface area contributed by atoms with Gasteiger partial charge in [0.1, 0.15) is 5.69 Å². The molecule has 3 aromatic heterocycles. The molecule has 1 aliphatic rings. The molecule has 4 aromatic carbocycles. The lowest BCUT2D eigenvalue weighted by Gasteiger charge is -2.35. The van der Waals surface area contributed by atoms with E-state index in [4.69, 9.17) is 0 Å². The molecule has 0 saturated carbocycles. The molecule has 8 rings (SSSR count). The summed E-state index contributed by atoms with van der Waals surface area (Å²) < 4.78 is 0. The van der Waals surface area contributed by atoms with E-state index in [1.165, 1.54) is 43.8 Å². The number of para-hydroxylation sites is 2. The zero-order valence-corrected chi connectivity index (χ0v) is 27.6. The molecule has 0 radical (unpaired) electrons. The Morgan fingerprint density at radius 1 is 0.792 bits per heavy atom. The summed E-state index contributed by atoms with van der Waals surface area (Å²) in [5.41, 5.74) is 6.69. The molecular weight excluding hydrogens is 611 g/mol. The summed E-state index contributed by atoms with van der Waals surface area (Å²) >= 11 is 2.03. The fraction of sp³-hybridized carbons (Fsp3) is 0.220. The molecule has 4 heterocycles. The zero-order chi connectivity index (χ0) is 32.3. The predicted octanol–water partition coefficient (Wildman–Crippen LogP) is 8.51. The molecule has 0 aliphatic carbocycles. The number of hydrogen-bond donors (Lipinski definition) is 3. The Balaban J connectivity index is 1.11. The Hall–Kier alpha value is -4.85. The smallest absolute Gasteiger partial charge is 0.271 e. The van der Waals surface area contributed by atoms with Gasteiger partial charge in [0.2, 0.25) is 0 Å². The van der Waals surface area contributed by atoms with Crippen LogP contribution in [0.15, 0.2) is 128 Å². The van der Waals surface area contributed by atoms with Gasteiger partial charge in [0, 0.05) is 64.0 Å². The van der Waals surface area contributed by atoms with Gasteiger partial charge < -0.3 is 15.3 Å². The number of benzene rings is 4. The largest absolute Gasteiger partial charge is 0.361 e. The van der Waals surface area contributed by atoms with E-state index in [9.17, 15) is 4.79 Å². The number of aromatic nitrogens is 3. The highest BCUT2D eigenvalue weighted by atomic mass is 32.2. The second kappa shape index (κ2) is 13.7. The van der Waals surface area contributed by atoms with Crippen LogP contribution >= 0.6 is 11.8 Å². The fourth-order valence-electron chi connectivity index (χ4n) is 7.46. The van der Waals surface area contributed by atoms with Crippen LogP contribution in [0.5, 0.6) is 0 Å². The standard InChI is InChI=1S/C41H39N5OS/c47-41(37-20-7-8-22-42-37)45-40(24-31-26-44-36-19-6-4-17-34(31)36)46-27-48-39(21-10-14-30-25-43-35-18-5-3-16-33(30)35)38(46)23-29-13-9-12-28-11-1-2-15-32(28)29/h1-9,11-13,15-20,22,25-26,38-40,43-44H,10,14,21,23-24,27H2,(H,45,47)/t38?,39?,40-/m1/s1. The lowest BCUT2D eigenvalue weighted by Crippen LogP contribution is -2.53. The van der Waals surface area contributed by atoms with Crippen molar-refractivity contribution in [1.82, 2.24) is 25.2 Å². The van der Waals surface area contributed by atoms with E-state index in [2.05, 4.69) is 129 Å². The lowest BCUT2D eigenvalue weighted by atomic mass is 9.93. The van der Waals surface area contributed by atoms with Crippen molar-refractivity contribution in [2.75, 3.05) is 5.88 Å². The van der Waals surface area contributed by atoms with Gasteiger partial charge in [0.15, 0.2) is 0 Å². The molecule has 2 unspecified atom stereocenters.